The van der Waals surface area contributed by atoms with Crippen LogP contribution >= 0.6 is 178 Å². The van der Waals surface area contributed by atoms with Crippen LogP contribution in [0.25, 0.3) is 0 Å². The number of benzene rings is 2. The first-order chi connectivity index (χ1) is 42.3. The Morgan fingerprint density at radius 2 is 1.02 bits per heavy atom. The zero-order valence-electron chi connectivity index (χ0n) is 45.8. The molecule has 2 aliphatic rings. The summed E-state index contributed by atoms with van der Waals surface area (Å²) in [7, 11) is -10.7. The van der Waals surface area contributed by atoms with Gasteiger partial charge in [-0.25, -0.2) is 31.0 Å². The molecule has 4 heterocycles. The summed E-state index contributed by atoms with van der Waals surface area (Å²) >= 11 is 21.0. The zero-order chi connectivity index (χ0) is 69.6. The fourth-order valence-corrected chi connectivity index (χ4v) is 219. The van der Waals surface area contributed by atoms with Crippen LogP contribution in [-0.2, 0) is 66.9 Å². The second-order valence-electron chi connectivity index (χ2n) is 15.4. The molecule has 510 valence electrons. The molecule has 0 radical (unpaired) electrons. The van der Waals surface area contributed by atoms with Crippen LogP contribution in [0.2, 0.25) is 0 Å². The molecule has 0 bridgehead atoms. The minimum Gasteiger partial charge on any atom is -0.747 e. The molecule has 2 aromatic heterocycles. The monoisotopic (exact) mass is 2760 g/mol. The van der Waals surface area contributed by atoms with Crippen LogP contribution in [0.5, 0.6) is 0 Å². The number of nitrogens with zero attached hydrogens (tertiary/aromatic N) is 14. The largest absolute Gasteiger partial charge is 1.00 e. The van der Waals surface area contributed by atoms with Crippen molar-refractivity contribution in [2.75, 3.05) is 13.1 Å². The van der Waals surface area contributed by atoms with Gasteiger partial charge in [0.1, 0.15) is 30.7 Å². The van der Waals surface area contributed by atoms with Crippen molar-refractivity contribution >= 4 is 268 Å². The third-order valence-corrected chi connectivity index (χ3v) is 345. The van der Waals surface area contributed by atoms with Crippen LogP contribution in [0.3, 0.4) is 0 Å². The van der Waals surface area contributed by atoms with Crippen LogP contribution in [0.1, 0.15) is 60.2 Å². The summed E-state index contributed by atoms with van der Waals surface area (Å²) < 4.78 is 66.4. The Morgan fingerprint density at radius 3 is 1.28 bits per heavy atom. The average Bonchev–Trinajstić information content (AvgIpc) is 1.41. The SMILES string of the molecule is CCn1nnnc1Sc1c([N+](=O)[O-])cc(C(=O)NCCC(=O)O)cc1[N+](=O)[O-].CCn1nnnc1Sc1c([N+](=O)[O-])cc(C(=O)NCCC(=O)ON2C(=O)CC(S(=O)(=O)[O-])C2=O)cc1[N+](=O)[O-].I[I-]I(I)I.I[I-]I(I)I(I)I.O=C1CC(S(=O)(=O)[O-])C(=O)N1O.[Na+].[Na+]. The Morgan fingerprint density at radius 1 is 0.667 bits per heavy atom. The first kappa shape index (κ1) is 94.6. The molecular formula is C34H32I12N16Na2O25S4-2. The number of nitro groups is 4. The van der Waals surface area contributed by atoms with Gasteiger partial charge in [0.05, 0.1) is 56.5 Å². The van der Waals surface area contributed by atoms with Crippen molar-refractivity contribution in [3.05, 3.63) is 75.8 Å². The predicted molar refractivity (Wildman–Crippen MR) is 384 cm³/mol. The quantitative estimate of drug-likeness (QED) is 0.00968. The molecule has 93 heavy (non-hydrogen) atoms. The van der Waals surface area contributed by atoms with Crippen LogP contribution in [0.4, 0.5) is 22.7 Å². The number of amides is 6. The molecule has 6 amide bonds. The number of aryl methyl sites for hydroxylation is 2. The summed E-state index contributed by atoms with van der Waals surface area (Å²) in [5.74, 6) is -9.61. The number of rotatable bonds is 24. The van der Waals surface area contributed by atoms with Crippen LogP contribution in [0.15, 0.2) is 44.4 Å². The number of halogens is 12. The van der Waals surface area contributed by atoms with Gasteiger partial charge in [0.15, 0.2) is 9.79 Å². The normalized spacial score (nSPS) is 14.6. The zero-order valence-corrected chi connectivity index (χ0v) is 79.0. The van der Waals surface area contributed by atoms with Gasteiger partial charge in [-0.3, -0.25) is 79.2 Å². The second-order valence-corrected chi connectivity index (χ2v) is 199. The topological polar surface area (TPSA) is 591 Å². The summed E-state index contributed by atoms with van der Waals surface area (Å²) in [6, 6.07) is 3.30. The summed E-state index contributed by atoms with van der Waals surface area (Å²) in [6.07, 6.45) is -2.84. The number of hydrogen-bond donors (Lipinski definition) is 4. The van der Waals surface area contributed by atoms with Crippen molar-refractivity contribution in [3.63, 3.8) is 0 Å². The molecular weight excluding hydrogens is 2730 g/mol. The second kappa shape index (κ2) is 46.3. The van der Waals surface area contributed by atoms with Crippen molar-refractivity contribution < 1.29 is 185 Å². The number of aliphatic carboxylic acids is 1. The fraction of sp³-hybridized carbons (Fsp3) is 0.353. The molecule has 41 nitrogen and oxygen atoms in total. The Bertz CT molecular complexity index is 3600. The number of nitrogens with one attached hydrogen (secondary N) is 2. The number of nitro benzene ring substituents is 4. The number of carboxylic acid groups (broad SMARTS) is 1. The number of aromatic nitrogens is 8. The minimum absolute atomic E-state index is 0. The minimum atomic E-state index is -5.17. The molecule has 2 saturated heterocycles. The van der Waals surface area contributed by atoms with E-state index in [0.29, 0.717) is 56.6 Å². The Hall–Kier alpha value is 1.58. The van der Waals surface area contributed by atoms with Gasteiger partial charge in [-0.2, -0.15) is 5.06 Å². The summed E-state index contributed by atoms with van der Waals surface area (Å²) in [5.41, 5.74) is -3.78. The maximum Gasteiger partial charge on any atom is 1.00 e. The van der Waals surface area contributed by atoms with E-state index >= 15 is 0 Å². The first-order valence-corrected chi connectivity index (χ1v) is 89.8. The molecule has 2 fully saturated rings. The number of hydrogen-bond acceptors (Lipinski definition) is 32. The van der Waals surface area contributed by atoms with E-state index in [4.69, 9.17) is 10.3 Å². The first-order valence-electron chi connectivity index (χ1n) is 22.4. The summed E-state index contributed by atoms with van der Waals surface area (Å²) in [6.45, 7) is 3.21. The van der Waals surface area contributed by atoms with Gasteiger partial charge < -0.3 is 29.7 Å². The van der Waals surface area contributed by atoms with Crippen LogP contribution in [-0.4, -0.2) is 177 Å². The smallest absolute Gasteiger partial charge is 0.747 e. The molecule has 2 atom stereocenters. The summed E-state index contributed by atoms with van der Waals surface area (Å²) in [4.78, 5) is 138. The van der Waals surface area contributed by atoms with Crippen LogP contribution < -0.4 is 96.3 Å². The average molecular weight is 2760 g/mol. The number of imide groups is 2. The van der Waals surface area contributed by atoms with E-state index in [-0.39, 0.29) is 133 Å². The molecule has 59 heteroatoms. The molecule has 4 N–H and O–H groups in total. The van der Waals surface area contributed by atoms with E-state index in [1.807, 2.05) is 0 Å². The van der Waals surface area contributed by atoms with Gasteiger partial charge in [0.25, 0.3) is 58.2 Å². The number of hydroxylamine groups is 4. The summed E-state index contributed by atoms with van der Waals surface area (Å²) in [5, 5.41) is 84.6. The van der Waals surface area contributed by atoms with Gasteiger partial charge in [-0.15, -0.1) is 15.3 Å². The fourth-order valence-electron chi connectivity index (χ4n) is 5.98. The van der Waals surface area contributed by atoms with Gasteiger partial charge in [-0.05, 0) is 58.2 Å². The number of carbonyl (C=O) groups excluding carboxylic acids is 7. The standard InChI is InChI=1S/C17H16N8O12S2.C13H13N7O7S.C4H5NO6S.I7.I5.2Na/c1-2-22-17(19-20-21-22)38-14-9(24(30)31)5-8(6-10(14)25(32)33)15(28)18-4-3-13(27)37-23-12(26)7-11(16(23)29)39(34,35)36;1-2-18-13(15-16-17-18)28-11-8(19(24)25)5-7(6-9(11)20(26)27)12(23)14-4-3-10(21)22;6-3-1-2(12(9,10)11)4(7)5(3)8;1-5-7(4)6(2)3;1-4-5(2)3;;/h5-6,11H,2-4,7H2,1H3,(H,18,28)(H,34,35,36);5-6H,2-4H2,1H3,(H,14,23)(H,21,22);2,8H,1H2,(H,9,10,11);;;;/q;;;2*-1;2*+1/p-2. The number of carbonyl (C=O) groups is 8. The van der Waals surface area contributed by atoms with E-state index in [0.717, 1.165) is 24.3 Å². The third-order valence-electron chi connectivity index (χ3n) is 9.83. The molecule has 0 spiro atoms. The maximum atomic E-state index is 12.5. The van der Waals surface area contributed by atoms with Crippen molar-refractivity contribution in [1.29, 1.82) is 0 Å². The van der Waals surface area contributed by atoms with E-state index < -0.39 is 157 Å². The van der Waals surface area contributed by atoms with Gasteiger partial charge in [0.2, 0.25) is 10.3 Å². The van der Waals surface area contributed by atoms with E-state index in [9.17, 15) is 105 Å². The molecule has 0 aliphatic carbocycles. The van der Waals surface area contributed by atoms with Crippen molar-refractivity contribution in [3.8, 4) is 0 Å². The van der Waals surface area contributed by atoms with Crippen molar-refractivity contribution in [1.82, 2.24) is 61.2 Å². The van der Waals surface area contributed by atoms with E-state index in [1.54, 1.807) is 13.8 Å². The predicted octanol–water partition coefficient (Wildman–Crippen LogP) is -5.30. The number of tetrazole rings is 2. The maximum absolute atomic E-state index is 12.5. The third kappa shape index (κ3) is 31.6. The molecule has 0 saturated carbocycles. The molecule has 4 aromatic rings. The molecule has 2 aliphatic heterocycles. The van der Waals surface area contributed by atoms with Crippen LogP contribution in [0, 0.1) is 40.5 Å². The molecule has 6 rings (SSSR count). The Labute approximate surface area is 672 Å². The van der Waals surface area contributed by atoms with Crippen molar-refractivity contribution in [2.45, 2.75) is 83.2 Å². The number of carboxylic acids is 1. The Kier molecular flexibility index (Phi) is 47.1. The molecule has 2 aromatic carbocycles. The van der Waals surface area contributed by atoms with Crippen molar-refractivity contribution in [2.24, 2.45) is 0 Å². The van der Waals surface area contributed by atoms with Gasteiger partial charge in [-0.1, -0.05) is 0 Å². The van der Waals surface area contributed by atoms with E-state index in [1.165, 1.54) is 9.36 Å². The Balaban J connectivity index is 0.00000135. The van der Waals surface area contributed by atoms with Gasteiger partial charge >= 0.3 is 252 Å². The van der Waals surface area contributed by atoms with Gasteiger partial charge in [0, 0.05) is 50.4 Å². The molecule has 2 unspecified atom stereocenters. The van der Waals surface area contributed by atoms with E-state index in [2.05, 4.69) is 177 Å².